The molecule has 1 aromatic rings. The summed E-state index contributed by atoms with van der Waals surface area (Å²) < 4.78 is 35.7. The number of halogens is 2. The summed E-state index contributed by atoms with van der Waals surface area (Å²) in [6, 6.07) is 5.50. The van der Waals surface area contributed by atoms with Crippen molar-refractivity contribution in [1.29, 1.82) is 0 Å². The van der Waals surface area contributed by atoms with Crippen molar-refractivity contribution in [2.24, 2.45) is 0 Å². The number of amides is 1. The van der Waals surface area contributed by atoms with Crippen LogP contribution in [0.25, 0.3) is 0 Å². The Hall–Kier alpha value is -1.18. The van der Waals surface area contributed by atoms with Gasteiger partial charge in [0, 0.05) is 6.54 Å². The molecule has 0 unspecified atom stereocenters. The van der Waals surface area contributed by atoms with Gasteiger partial charge in [0.2, 0.25) is 5.91 Å². The van der Waals surface area contributed by atoms with E-state index in [0.29, 0.717) is 6.54 Å². The van der Waals surface area contributed by atoms with Crippen LogP contribution in [0.2, 0.25) is 0 Å². The Morgan fingerprint density at radius 3 is 2.55 bits per heavy atom. The lowest BCUT2D eigenvalue weighted by molar-refractivity contribution is -0.122. The molecule has 2 atom stereocenters. The normalized spacial score (nSPS) is 23.6. The molecule has 122 valence electrons. The number of likely N-dealkylation sites (N-methyl/N-ethyl adjacent to an activating group) is 1. The van der Waals surface area contributed by atoms with Crippen molar-refractivity contribution in [3.8, 4) is 0 Å². The molecule has 1 N–H and O–H groups in total. The van der Waals surface area contributed by atoms with E-state index in [2.05, 4.69) is 5.32 Å². The zero-order valence-electron chi connectivity index (χ0n) is 12.1. The number of carbonyl (C=O) groups is 1. The molecular weight excluding hydrogens is 331 g/mol. The minimum Gasteiger partial charge on any atom is -0.350 e. The third kappa shape index (κ3) is 4.93. The molecule has 0 radical (unpaired) electrons. The molecule has 1 aromatic carbocycles. The molecule has 1 aliphatic rings. The summed E-state index contributed by atoms with van der Waals surface area (Å²) in [7, 11) is -1.41. The van der Waals surface area contributed by atoms with E-state index in [1.54, 1.807) is 24.1 Å². The van der Waals surface area contributed by atoms with Crippen LogP contribution in [0.15, 0.2) is 24.3 Å². The topological polar surface area (TPSA) is 66.5 Å². The molecular formula is C14H18ClFN2O3S. The lowest BCUT2D eigenvalue weighted by atomic mass is 10.2. The van der Waals surface area contributed by atoms with E-state index in [1.165, 1.54) is 12.1 Å². The Morgan fingerprint density at radius 2 is 2.00 bits per heavy atom. The average molecular weight is 349 g/mol. The fraction of sp³-hybridized carbons (Fsp3) is 0.500. The van der Waals surface area contributed by atoms with Crippen LogP contribution >= 0.6 is 11.6 Å². The van der Waals surface area contributed by atoms with Gasteiger partial charge in [-0.1, -0.05) is 12.1 Å². The molecule has 2 rings (SSSR count). The first-order valence-corrected chi connectivity index (χ1v) is 9.08. The smallest absolute Gasteiger partial charge is 0.234 e. The highest BCUT2D eigenvalue weighted by Gasteiger charge is 2.37. The number of nitrogens with zero attached hydrogens (tertiary/aromatic N) is 1. The van der Waals surface area contributed by atoms with Crippen LogP contribution in [0.3, 0.4) is 0 Å². The molecule has 22 heavy (non-hydrogen) atoms. The summed E-state index contributed by atoms with van der Waals surface area (Å²) in [6.07, 6.45) is 0. The molecule has 1 amide bonds. The van der Waals surface area contributed by atoms with Crippen LogP contribution in [-0.4, -0.2) is 55.7 Å². The number of rotatable bonds is 5. The van der Waals surface area contributed by atoms with Gasteiger partial charge in [-0.2, -0.15) is 0 Å². The molecule has 5 nitrogen and oxygen atoms in total. The van der Waals surface area contributed by atoms with Crippen molar-refractivity contribution in [1.82, 2.24) is 10.2 Å². The molecule has 0 bridgehead atoms. The summed E-state index contributed by atoms with van der Waals surface area (Å²) in [6.45, 7) is 0.596. The van der Waals surface area contributed by atoms with Crippen LogP contribution in [0.4, 0.5) is 4.39 Å². The second-order valence-electron chi connectivity index (χ2n) is 5.57. The summed E-state index contributed by atoms with van der Waals surface area (Å²) in [4.78, 5) is 13.7. The Labute approximate surface area is 134 Å². The highest BCUT2D eigenvalue weighted by Crippen LogP contribution is 2.17. The van der Waals surface area contributed by atoms with E-state index < -0.39 is 21.3 Å². The summed E-state index contributed by atoms with van der Waals surface area (Å²) in [5, 5.41) is 2.07. The number of hydrogen-bond acceptors (Lipinski definition) is 4. The molecule has 0 aliphatic carbocycles. The van der Waals surface area contributed by atoms with E-state index in [-0.39, 0.29) is 29.8 Å². The minimum atomic E-state index is -3.17. The van der Waals surface area contributed by atoms with Crippen LogP contribution in [0, 0.1) is 5.82 Å². The number of sulfone groups is 1. The van der Waals surface area contributed by atoms with Gasteiger partial charge in [-0.25, -0.2) is 12.8 Å². The average Bonchev–Trinajstić information content (AvgIpc) is 2.64. The molecule has 8 heteroatoms. The number of nitrogens with one attached hydrogen (secondary N) is 1. The molecule has 1 aliphatic heterocycles. The maximum absolute atomic E-state index is 12.8. The number of alkyl halides is 1. The largest absolute Gasteiger partial charge is 0.350 e. The summed E-state index contributed by atoms with van der Waals surface area (Å²) in [5.41, 5.74) is 0.885. The van der Waals surface area contributed by atoms with Gasteiger partial charge in [0.1, 0.15) is 5.82 Å². The Morgan fingerprint density at radius 1 is 1.36 bits per heavy atom. The molecule has 0 saturated carbocycles. The van der Waals surface area contributed by atoms with E-state index in [9.17, 15) is 17.6 Å². The van der Waals surface area contributed by atoms with Crippen molar-refractivity contribution < 1.29 is 17.6 Å². The van der Waals surface area contributed by atoms with E-state index in [4.69, 9.17) is 11.6 Å². The molecule has 0 spiro atoms. The number of benzene rings is 1. The van der Waals surface area contributed by atoms with Crippen LogP contribution in [-0.2, 0) is 21.2 Å². The maximum atomic E-state index is 12.8. The monoisotopic (exact) mass is 348 g/mol. The fourth-order valence-electron chi connectivity index (χ4n) is 2.39. The number of hydrogen-bond donors (Lipinski definition) is 1. The van der Waals surface area contributed by atoms with Gasteiger partial charge in [0.05, 0.1) is 29.5 Å². The zero-order valence-corrected chi connectivity index (χ0v) is 13.7. The predicted molar refractivity (Wildman–Crippen MR) is 83.0 cm³/mol. The fourth-order valence-corrected chi connectivity index (χ4v) is 4.94. The van der Waals surface area contributed by atoms with Gasteiger partial charge in [-0.15, -0.1) is 11.6 Å². The van der Waals surface area contributed by atoms with E-state index >= 15 is 0 Å². The third-order valence-corrected chi connectivity index (χ3v) is 5.78. The van der Waals surface area contributed by atoms with E-state index in [0.717, 1.165) is 5.56 Å². The van der Waals surface area contributed by atoms with Crippen molar-refractivity contribution in [3.05, 3.63) is 35.6 Å². The molecule has 0 aromatic heterocycles. The second-order valence-corrected chi connectivity index (χ2v) is 8.28. The quantitative estimate of drug-likeness (QED) is 0.798. The van der Waals surface area contributed by atoms with Crippen molar-refractivity contribution in [3.63, 3.8) is 0 Å². The van der Waals surface area contributed by atoms with E-state index in [1.807, 2.05) is 0 Å². The first-order chi connectivity index (χ1) is 10.2. The third-order valence-electron chi connectivity index (χ3n) is 3.41. The molecule has 1 fully saturated rings. The predicted octanol–water partition coefficient (Wildman–Crippen LogP) is 0.778. The molecule has 1 saturated heterocycles. The minimum absolute atomic E-state index is 0.106. The Kier molecular flexibility index (Phi) is 5.41. The van der Waals surface area contributed by atoms with Gasteiger partial charge < -0.3 is 5.32 Å². The highest BCUT2D eigenvalue weighted by molar-refractivity contribution is 7.91. The summed E-state index contributed by atoms with van der Waals surface area (Å²) in [5.74, 6) is -0.809. The Balaban J connectivity index is 1.83. The Bertz CT molecular complexity index is 636. The van der Waals surface area contributed by atoms with Gasteiger partial charge in [-0.05, 0) is 24.7 Å². The first kappa shape index (κ1) is 17.2. The van der Waals surface area contributed by atoms with Gasteiger partial charge in [0.25, 0.3) is 0 Å². The highest BCUT2D eigenvalue weighted by atomic mass is 35.5. The number of carbonyl (C=O) groups excluding carboxylic acids is 1. The van der Waals surface area contributed by atoms with Crippen molar-refractivity contribution in [2.45, 2.75) is 18.0 Å². The molecule has 1 heterocycles. The van der Waals surface area contributed by atoms with Crippen LogP contribution in [0.5, 0.6) is 0 Å². The van der Waals surface area contributed by atoms with Gasteiger partial charge in [-0.3, -0.25) is 9.69 Å². The summed E-state index contributed by atoms with van der Waals surface area (Å²) >= 11 is 5.94. The zero-order chi connectivity index (χ0) is 16.3. The van der Waals surface area contributed by atoms with Gasteiger partial charge in [0.15, 0.2) is 9.84 Å². The van der Waals surface area contributed by atoms with Gasteiger partial charge >= 0.3 is 0 Å². The lowest BCUT2D eigenvalue weighted by Crippen LogP contribution is -2.44. The van der Waals surface area contributed by atoms with Crippen molar-refractivity contribution >= 4 is 27.3 Å². The van der Waals surface area contributed by atoms with Crippen molar-refractivity contribution in [2.75, 3.05) is 25.1 Å². The lowest BCUT2D eigenvalue weighted by Gasteiger charge is -2.19. The SMILES string of the molecule is CN(CC(=O)N[C@@H]1CS(=O)(=O)C[C@@H]1Cl)Cc1ccc(F)cc1. The second kappa shape index (κ2) is 6.93. The van der Waals surface area contributed by atoms with Crippen LogP contribution < -0.4 is 5.32 Å². The van der Waals surface area contributed by atoms with Crippen LogP contribution in [0.1, 0.15) is 5.56 Å². The first-order valence-electron chi connectivity index (χ1n) is 6.82. The standard InChI is InChI=1S/C14H18ClFN2O3S/c1-18(6-10-2-4-11(16)5-3-10)7-14(19)17-13-9-22(20,21)8-12(13)15/h2-5,12-13H,6-9H2,1H3,(H,17,19)/t12-,13+/m0/s1. The maximum Gasteiger partial charge on any atom is 0.234 e.